The number of aromatic nitrogens is 1. The average Bonchev–Trinajstić information content (AvgIpc) is 2.62. The van der Waals surface area contributed by atoms with E-state index in [9.17, 15) is 4.79 Å². The number of carbonyl (C=O) groups excluding carboxylic acids is 1. The number of amides is 1. The van der Waals surface area contributed by atoms with Crippen molar-refractivity contribution in [3.05, 3.63) is 53.9 Å². The van der Waals surface area contributed by atoms with Gasteiger partial charge in [0.2, 0.25) is 0 Å². The van der Waals surface area contributed by atoms with Crippen molar-refractivity contribution in [3.63, 3.8) is 0 Å². The number of nitrogens with zero attached hydrogens (tertiary/aromatic N) is 2. The van der Waals surface area contributed by atoms with Crippen LogP contribution < -0.4 is 15.4 Å². The van der Waals surface area contributed by atoms with Crippen LogP contribution in [0, 0.1) is 0 Å². The van der Waals surface area contributed by atoms with E-state index in [-0.39, 0.29) is 5.91 Å². The zero-order valence-electron chi connectivity index (χ0n) is 15.1. The summed E-state index contributed by atoms with van der Waals surface area (Å²) in [6.45, 7) is 2.34. The second kappa shape index (κ2) is 9.64. The molecule has 1 amide bonds. The van der Waals surface area contributed by atoms with E-state index < -0.39 is 0 Å². The molecule has 0 bridgehead atoms. The Morgan fingerprint density at radius 2 is 1.88 bits per heavy atom. The first-order valence-electron chi connectivity index (χ1n) is 8.34. The number of nitrogens with one attached hydrogen (secondary N) is 2. The third-order valence-corrected chi connectivity index (χ3v) is 3.74. The van der Waals surface area contributed by atoms with E-state index in [2.05, 4.69) is 20.5 Å². The number of rotatable bonds is 9. The molecule has 0 spiro atoms. The Labute approximate surface area is 149 Å². The van der Waals surface area contributed by atoms with Gasteiger partial charge in [0.15, 0.2) is 0 Å². The molecule has 2 aromatic rings. The molecule has 6 nitrogen and oxygen atoms in total. The molecular weight excluding hydrogens is 316 g/mol. The van der Waals surface area contributed by atoms with Gasteiger partial charge in [-0.05, 0) is 50.3 Å². The monoisotopic (exact) mass is 342 g/mol. The molecule has 0 aliphatic carbocycles. The first-order chi connectivity index (χ1) is 12.1. The van der Waals surface area contributed by atoms with Crippen molar-refractivity contribution >= 4 is 11.6 Å². The van der Waals surface area contributed by atoms with Crippen molar-refractivity contribution < 1.29 is 9.53 Å². The molecule has 0 unspecified atom stereocenters. The molecule has 0 saturated heterocycles. The van der Waals surface area contributed by atoms with Gasteiger partial charge in [-0.2, -0.15) is 0 Å². The smallest absolute Gasteiger partial charge is 0.269 e. The summed E-state index contributed by atoms with van der Waals surface area (Å²) in [5.74, 6) is 0.671. The fourth-order valence-corrected chi connectivity index (χ4v) is 2.26. The fourth-order valence-electron chi connectivity index (χ4n) is 2.26. The van der Waals surface area contributed by atoms with E-state index in [4.69, 9.17) is 4.74 Å². The second-order valence-corrected chi connectivity index (χ2v) is 6.02. The summed E-state index contributed by atoms with van der Waals surface area (Å²) >= 11 is 0. The molecule has 2 N–H and O–H groups in total. The van der Waals surface area contributed by atoms with Gasteiger partial charge in [0.25, 0.3) is 5.91 Å². The lowest BCUT2D eigenvalue weighted by molar-refractivity contribution is 0.0949. The largest absolute Gasteiger partial charge is 0.497 e. The number of pyridine rings is 1. The maximum absolute atomic E-state index is 12.1. The highest BCUT2D eigenvalue weighted by Crippen LogP contribution is 2.11. The number of likely N-dealkylation sites (N-methyl/N-ethyl adjacent to an activating group) is 1. The quantitative estimate of drug-likeness (QED) is 0.730. The highest BCUT2D eigenvalue weighted by Gasteiger charge is 2.06. The lowest BCUT2D eigenvalue weighted by atomic mass is 10.1. The Kier molecular flexibility index (Phi) is 7.22. The van der Waals surface area contributed by atoms with Crippen LogP contribution in [-0.2, 0) is 6.42 Å². The lowest BCUT2D eigenvalue weighted by Crippen LogP contribution is -2.26. The van der Waals surface area contributed by atoms with Crippen LogP contribution in [0.4, 0.5) is 5.69 Å². The van der Waals surface area contributed by atoms with Gasteiger partial charge in [0, 0.05) is 19.6 Å². The third kappa shape index (κ3) is 6.43. The summed E-state index contributed by atoms with van der Waals surface area (Å²) in [5, 5.41) is 6.16. The van der Waals surface area contributed by atoms with Gasteiger partial charge in [0.05, 0.1) is 19.0 Å². The van der Waals surface area contributed by atoms with Crippen LogP contribution in [0.5, 0.6) is 5.75 Å². The van der Waals surface area contributed by atoms with Crippen molar-refractivity contribution in [1.82, 2.24) is 15.2 Å². The average molecular weight is 342 g/mol. The lowest BCUT2D eigenvalue weighted by Gasteiger charge is -2.11. The number of hydrogen-bond acceptors (Lipinski definition) is 5. The van der Waals surface area contributed by atoms with Crippen LogP contribution in [0.2, 0.25) is 0 Å². The number of anilines is 1. The fraction of sp³-hybridized carbons (Fsp3) is 0.368. The molecule has 0 saturated carbocycles. The minimum absolute atomic E-state index is 0.159. The normalized spacial score (nSPS) is 10.6. The van der Waals surface area contributed by atoms with Gasteiger partial charge in [-0.15, -0.1) is 0 Å². The molecule has 1 aromatic carbocycles. The van der Waals surface area contributed by atoms with E-state index in [1.807, 2.05) is 44.4 Å². The Balaban J connectivity index is 1.76. The van der Waals surface area contributed by atoms with E-state index >= 15 is 0 Å². The third-order valence-electron chi connectivity index (χ3n) is 3.74. The zero-order chi connectivity index (χ0) is 18.1. The highest BCUT2D eigenvalue weighted by atomic mass is 16.5. The number of carbonyl (C=O) groups is 1. The maximum Gasteiger partial charge on any atom is 0.269 e. The predicted octanol–water partition coefficient (Wildman–Crippen LogP) is 2.04. The molecule has 0 radical (unpaired) electrons. The van der Waals surface area contributed by atoms with Crippen molar-refractivity contribution in [2.45, 2.75) is 6.42 Å². The summed E-state index contributed by atoms with van der Waals surface area (Å²) in [7, 11) is 5.70. The van der Waals surface area contributed by atoms with E-state index in [1.165, 1.54) is 0 Å². The van der Waals surface area contributed by atoms with Gasteiger partial charge in [-0.3, -0.25) is 4.79 Å². The van der Waals surface area contributed by atoms with Gasteiger partial charge in [-0.1, -0.05) is 12.1 Å². The van der Waals surface area contributed by atoms with Crippen LogP contribution in [0.25, 0.3) is 0 Å². The molecule has 25 heavy (non-hydrogen) atoms. The summed E-state index contributed by atoms with van der Waals surface area (Å²) in [5.41, 5.74) is 2.49. The highest BCUT2D eigenvalue weighted by molar-refractivity contribution is 5.92. The van der Waals surface area contributed by atoms with Crippen molar-refractivity contribution in [1.29, 1.82) is 0 Å². The van der Waals surface area contributed by atoms with Crippen LogP contribution in [0.3, 0.4) is 0 Å². The van der Waals surface area contributed by atoms with Gasteiger partial charge >= 0.3 is 0 Å². The standard InChI is InChI=1S/C19H26N4O2/c1-23(2)13-12-20-16-6-9-18(22-14-16)19(24)21-11-10-15-4-7-17(25-3)8-5-15/h4-9,14,20H,10-13H2,1-3H3,(H,21,24). The number of hydrogen-bond donors (Lipinski definition) is 2. The molecule has 6 heteroatoms. The summed E-state index contributed by atoms with van der Waals surface area (Å²) in [6.07, 6.45) is 2.45. The van der Waals surface area contributed by atoms with Gasteiger partial charge < -0.3 is 20.3 Å². The SMILES string of the molecule is COc1ccc(CCNC(=O)c2ccc(NCCN(C)C)cn2)cc1. The molecule has 134 valence electrons. The van der Waals surface area contributed by atoms with Gasteiger partial charge in [0.1, 0.15) is 11.4 Å². The molecule has 0 atom stereocenters. The summed E-state index contributed by atoms with van der Waals surface area (Å²) in [4.78, 5) is 18.5. The topological polar surface area (TPSA) is 66.5 Å². The Morgan fingerprint density at radius 3 is 2.48 bits per heavy atom. The van der Waals surface area contributed by atoms with E-state index in [0.717, 1.165) is 36.5 Å². The number of benzene rings is 1. The van der Waals surface area contributed by atoms with Crippen molar-refractivity contribution in [2.75, 3.05) is 46.2 Å². The second-order valence-electron chi connectivity index (χ2n) is 6.02. The summed E-state index contributed by atoms with van der Waals surface area (Å²) in [6, 6.07) is 11.4. The zero-order valence-corrected chi connectivity index (χ0v) is 15.1. The van der Waals surface area contributed by atoms with Crippen LogP contribution in [0.1, 0.15) is 16.1 Å². The molecule has 0 aliphatic rings. The van der Waals surface area contributed by atoms with E-state index in [1.54, 1.807) is 19.4 Å². The molecule has 1 aromatic heterocycles. The summed E-state index contributed by atoms with van der Waals surface area (Å²) < 4.78 is 5.13. The van der Waals surface area contributed by atoms with Gasteiger partial charge in [-0.25, -0.2) is 4.98 Å². The Bertz CT molecular complexity index is 654. The number of methoxy groups -OCH3 is 1. The Hall–Kier alpha value is -2.60. The number of ether oxygens (including phenoxy) is 1. The maximum atomic E-state index is 12.1. The minimum Gasteiger partial charge on any atom is -0.497 e. The Morgan fingerprint density at radius 1 is 1.12 bits per heavy atom. The first-order valence-corrected chi connectivity index (χ1v) is 8.34. The minimum atomic E-state index is -0.159. The van der Waals surface area contributed by atoms with Crippen molar-refractivity contribution in [3.8, 4) is 5.75 Å². The first kappa shape index (κ1) is 18.7. The molecule has 2 rings (SSSR count). The molecule has 1 heterocycles. The molecule has 0 fully saturated rings. The van der Waals surface area contributed by atoms with E-state index in [0.29, 0.717) is 12.2 Å². The van der Waals surface area contributed by atoms with Crippen LogP contribution >= 0.6 is 0 Å². The molecule has 0 aliphatic heterocycles. The molecular formula is C19H26N4O2. The van der Waals surface area contributed by atoms with Crippen LogP contribution in [-0.4, -0.2) is 56.6 Å². The predicted molar refractivity (Wildman–Crippen MR) is 100 cm³/mol. The van der Waals surface area contributed by atoms with Crippen molar-refractivity contribution in [2.24, 2.45) is 0 Å². The van der Waals surface area contributed by atoms with Crippen LogP contribution in [0.15, 0.2) is 42.6 Å².